The van der Waals surface area contributed by atoms with Gasteiger partial charge in [-0.25, -0.2) is 4.98 Å². The van der Waals surface area contributed by atoms with Crippen LogP contribution in [-0.4, -0.2) is 48.6 Å². The molecule has 0 aliphatic carbocycles. The maximum Gasteiger partial charge on any atom is 0.239 e. The smallest absolute Gasteiger partial charge is 0.239 e. The Morgan fingerprint density at radius 1 is 1.72 bits per heavy atom. The quantitative estimate of drug-likeness (QED) is 0.763. The van der Waals surface area contributed by atoms with E-state index in [0.29, 0.717) is 25.6 Å². The van der Waals surface area contributed by atoms with Gasteiger partial charge in [-0.1, -0.05) is 0 Å². The summed E-state index contributed by atoms with van der Waals surface area (Å²) in [6.45, 7) is 2.49. The Hall–Kier alpha value is -1.66. The molecule has 2 rings (SSSR count). The number of nitrogen functional groups attached to an aromatic ring is 1. The lowest BCUT2D eigenvalue weighted by atomic mass is 10.1. The van der Waals surface area contributed by atoms with Gasteiger partial charge in [0.2, 0.25) is 5.91 Å². The topological polar surface area (TPSA) is 80.5 Å². The fourth-order valence-electron chi connectivity index (χ4n) is 2.06. The number of morpholine rings is 1. The number of aromatic nitrogens is 1. The van der Waals surface area contributed by atoms with Crippen LogP contribution in [0.3, 0.4) is 0 Å². The van der Waals surface area contributed by atoms with Gasteiger partial charge in [0.1, 0.15) is 11.9 Å². The third-order valence-electron chi connectivity index (χ3n) is 3.02. The molecule has 1 saturated heterocycles. The zero-order valence-electron chi connectivity index (χ0n) is 10.4. The van der Waals surface area contributed by atoms with E-state index < -0.39 is 0 Å². The highest BCUT2D eigenvalue weighted by Crippen LogP contribution is 2.13. The van der Waals surface area contributed by atoms with Crippen molar-refractivity contribution in [2.75, 3.05) is 32.5 Å². The number of carbonyl (C=O) groups is 1. The van der Waals surface area contributed by atoms with E-state index in [4.69, 9.17) is 10.5 Å². The second-order valence-corrected chi connectivity index (χ2v) is 4.26. The molecule has 1 aromatic rings. The first-order chi connectivity index (χ1) is 8.70. The number of amides is 1. The second kappa shape index (κ2) is 5.79. The lowest BCUT2D eigenvalue weighted by Gasteiger charge is -2.34. The Morgan fingerprint density at radius 3 is 3.28 bits per heavy atom. The summed E-state index contributed by atoms with van der Waals surface area (Å²) < 4.78 is 5.36. The van der Waals surface area contributed by atoms with Crippen LogP contribution >= 0.6 is 0 Å². The predicted molar refractivity (Wildman–Crippen MR) is 67.7 cm³/mol. The molecule has 0 saturated carbocycles. The summed E-state index contributed by atoms with van der Waals surface area (Å²) in [5.74, 6) is 0.481. The van der Waals surface area contributed by atoms with Crippen molar-refractivity contribution >= 4 is 11.7 Å². The maximum atomic E-state index is 11.8. The van der Waals surface area contributed by atoms with E-state index in [9.17, 15) is 4.79 Å². The van der Waals surface area contributed by atoms with Crippen molar-refractivity contribution in [1.29, 1.82) is 0 Å². The van der Waals surface area contributed by atoms with Gasteiger partial charge >= 0.3 is 0 Å². The highest BCUT2D eigenvalue weighted by Gasteiger charge is 2.28. The largest absolute Gasteiger partial charge is 0.384 e. The SMILES string of the molecule is CNC(=O)C1COCCN1Cc1ccnc(N)c1. The normalized spacial score (nSPS) is 20.6. The van der Waals surface area contributed by atoms with E-state index in [2.05, 4.69) is 15.2 Å². The summed E-state index contributed by atoms with van der Waals surface area (Å²) in [6, 6.07) is 3.50. The van der Waals surface area contributed by atoms with E-state index in [1.165, 1.54) is 0 Å². The van der Waals surface area contributed by atoms with Crippen molar-refractivity contribution in [3.8, 4) is 0 Å². The molecule has 0 spiro atoms. The molecule has 3 N–H and O–H groups in total. The number of ether oxygens (including phenoxy) is 1. The Kier molecular flexibility index (Phi) is 4.11. The number of nitrogens with two attached hydrogens (primary N) is 1. The highest BCUT2D eigenvalue weighted by molar-refractivity contribution is 5.81. The minimum Gasteiger partial charge on any atom is -0.384 e. The molecule has 1 aliphatic heterocycles. The molecule has 1 aliphatic rings. The number of nitrogens with one attached hydrogen (secondary N) is 1. The lowest BCUT2D eigenvalue weighted by molar-refractivity contribution is -0.132. The maximum absolute atomic E-state index is 11.8. The van der Waals surface area contributed by atoms with Gasteiger partial charge in [0.05, 0.1) is 13.2 Å². The average molecular weight is 250 g/mol. The van der Waals surface area contributed by atoms with Crippen molar-refractivity contribution in [3.05, 3.63) is 23.9 Å². The van der Waals surface area contributed by atoms with E-state index >= 15 is 0 Å². The fraction of sp³-hybridized carbons (Fsp3) is 0.500. The third kappa shape index (κ3) is 2.96. The van der Waals surface area contributed by atoms with Gasteiger partial charge in [-0.3, -0.25) is 9.69 Å². The number of pyridine rings is 1. The van der Waals surface area contributed by atoms with Crippen molar-refractivity contribution < 1.29 is 9.53 Å². The third-order valence-corrected chi connectivity index (χ3v) is 3.02. The zero-order valence-corrected chi connectivity index (χ0v) is 10.4. The van der Waals surface area contributed by atoms with E-state index in [1.54, 1.807) is 13.2 Å². The average Bonchev–Trinajstić information content (AvgIpc) is 2.38. The molecular formula is C12H18N4O2. The van der Waals surface area contributed by atoms with Gasteiger partial charge in [0.15, 0.2) is 0 Å². The fourth-order valence-corrected chi connectivity index (χ4v) is 2.06. The van der Waals surface area contributed by atoms with Gasteiger partial charge in [0, 0.05) is 26.3 Å². The molecule has 18 heavy (non-hydrogen) atoms. The summed E-state index contributed by atoms with van der Waals surface area (Å²) in [5.41, 5.74) is 6.70. The first-order valence-electron chi connectivity index (χ1n) is 5.94. The molecule has 1 aromatic heterocycles. The molecule has 1 unspecified atom stereocenters. The van der Waals surface area contributed by atoms with E-state index in [1.807, 2.05) is 12.1 Å². The van der Waals surface area contributed by atoms with Crippen LogP contribution in [0.25, 0.3) is 0 Å². The summed E-state index contributed by atoms with van der Waals surface area (Å²) in [6.07, 6.45) is 1.68. The van der Waals surface area contributed by atoms with Gasteiger partial charge in [0.25, 0.3) is 0 Å². The molecule has 0 aromatic carbocycles. The van der Waals surface area contributed by atoms with Gasteiger partial charge in [-0.15, -0.1) is 0 Å². The molecule has 98 valence electrons. The minimum atomic E-state index is -0.238. The number of anilines is 1. The van der Waals surface area contributed by atoms with E-state index in [0.717, 1.165) is 12.1 Å². The van der Waals surface area contributed by atoms with Crippen molar-refractivity contribution in [2.45, 2.75) is 12.6 Å². The predicted octanol–water partition coefficient (Wildman–Crippen LogP) is -0.389. The molecule has 2 heterocycles. The monoisotopic (exact) mass is 250 g/mol. The van der Waals surface area contributed by atoms with Crippen LogP contribution in [0.1, 0.15) is 5.56 Å². The van der Waals surface area contributed by atoms with Gasteiger partial charge < -0.3 is 15.8 Å². The summed E-state index contributed by atoms with van der Waals surface area (Å²) in [5, 5.41) is 2.66. The summed E-state index contributed by atoms with van der Waals surface area (Å²) >= 11 is 0. The lowest BCUT2D eigenvalue weighted by Crippen LogP contribution is -2.52. The Labute approximate surface area is 106 Å². The van der Waals surface area contributed by atoms with Gasteiger partial charge in [-0.05, 0) is 17.7 Å². The van der Waals surface area contributed by atoms with Crippen LogP contribution in [-0.2, 0) is 16.1 Å². The number of likely N-dealkylation sites (N-methyl/N-ethyl adjacent to an activating group) is 1. The summed E-state index contributed by atoms with van der Waals surface area (Å²) in [4.78, 5) is 17.8. The minimum absolute atomic E-state index is 0.0169. The molecule has 1 atom stereocenters. The van der Waals surface area contributed by atoms with Gasteiger partial charge in [-0.2, -0.15) is 0 Å². The molecule has 6 heteroatoms. The van der Waals surface area contributed by atoms with E-state index in [-0.39, 0.29) is 11.9 Å². The van der Waals surface area contributed by atoms with Crippen LogP contribution in [0.5, 0.6) is 0 Å². The van der Waals surface area contributed by atoms with Crippen LogP contribution in [0.15, 0.2) is 18.3 Å². The Balaban J connectivity index is 2.07. The number of nitrogens with zero attached hydrogens (tertiary/aromatic N) is 2. The molecule has 0 radical (unpaired) electrons. The summed E-state index contributed by atoms with van der Waals surface area (Å²) in [7, 11) is 1.64. The molecule has 0 bridgehead atoms. The Morgan fingerprint density at radius 2 is 2.56 bits per heavy atom. The number of carbonyl (C=O) groups excluding carboxylic acids is 1. The van der Waals surface area contributed by atoms with Crippen molar-refractivity contribution in [2.24, 2.45) is 0 Å². The van der Waals surface area contributed by atoms with Crippen LogP contribution in [0.4, 0.5) is 5.82 Å². The molecule has 6 nitrogen and oxygen atoms in total. The standard InChI is InChI=1S/C12H18N4O2/c1-14-12(17)10-8-18-5-4-16(10)7-9-2-3-15-11(13)6-9/h2-3,6,10H,4-5,7-8H2,1H3,(H2,13,15)(H,14,17). The Bertz CT molecular complexity index is 424. The first kappa shape index (κ1) is 12.8. The van der Waals surface area contributed by atoms with Crippen LogP contribution in [0, 0.1) is 0 Å². The van der Waals surface area contributed by atoms with Crippen LogP contribution < -0.4 is 11.1 Å². The number of hydrogen-bond acceptors (Lipinski definition) is 5. The molecule has 1 fully saturated rings. The highest BCUT2D eigenvalue weighted by atomic mass is 16.5. The van der Waals surface area contributed by atoms with Crippen molar-refractivity contribution in [3.63, 3.8) is 0 Å². The van der Waals surface area contributed by atoms with Crippen molar-refractivity contribution in [1.82, 2.24) is 15.2 Å². The second-order valence-electron chi connectivity index (χ2n) is 4.26. The molecular weight excluding hydrogens is 232 g/mol. The molecule has 1 amide bonds. The first-order valence-corrected chi connectivity index (χ1v) is 5.94. The number of rotatable bonds is 3. The number of hydrogen-bond donors (Lipinski definition) is 2. The zero-order chi connectivity index (χ0) is 13.0. The van der Waals surface area contributed by atoms with Crippen LogP contribution in [0.2, 0.25) is 0 Å².